The summed E-state index contributed by atoms with van der Waals surface area (Å²) in [6.07, 6.45) is 3.81. The van der Waals surface area contributed by atoms with Crippen molar-refractivity contribution in [2.75, 3.05) is 7.11 Å². The van der Waals surface area contributed by atoms with Crippen molar-refractivity contribution in [3.63, 3.8) is 0 Å². The Morgan fingerprint density at radius 3 is 2.90 bits per heavy atom. The molecule has 20 heavy (non-hydrogen) atoms. The summed E-state index contributed by atoms with van der Waals surface area (Å²) in [5.74, 6) is -0.568. The zero-order chi connectivity index (χ0) is 14.7. The van der Waals surface area contributed by atoms with Crippen LogP contribution >= 0.6 is 11.6 Å². The van der Waals surface area contributed by atoms with Crippen LogP contribution in [0.15, 0.2) is 18.5 Å². The van der Waals surface area contributed by atoms with Gasteiger partial charge in [0.2, 0.25) is 0 Å². The van der Waals surface area contributed by atoms with E-state index < -0.39 is 5.97 Å². The number of carbonyl (C=O) groups is 2. The molecular weight excluding hydrogens is 282 g/mol. The van der Waals surface area contributed by atoms with Crippen molar-refractivity contribution in [1.29, 1.82) is 0 Å². The monoisotopic (exact) mass is 293 g/mol. The molecule has 0 radical (unpaired) electrons. The molecule has 0 aliphatic rings. The van der Waals surface area contributed by atoms with E-state index in [-0.39, 0.29) is 12.2 Å². The molecule has 7 heteroatoms. The lowest BCUT2D eigenvalue weighted by molar-refractivity contribution is 0.0592. The summed E-state index contributed by atoms with van der Waals surface area (Å²) in [5.41, 5.74) is 1.74. The van der Waals surface area contributed by atoms with Crippen LogP contribution in [0.3, 0.4) is 0 Å². The van der Waals surface area contributed by atoms with Gasteiger partial charge >= 0.3 is 5.97 Å². The first kappa shape index (κ1) is 14.2. The zero-order valence-electron chi connectivity index (χ0n) is 11.0. The molecule has 104 valence electrons. The molecule has 0 amide bonds. The van der Waals surface area contributed by atoms with E-state index in [0.29, 0.717) is 22.6 Å². The number of aromatic nitrogens is 3. The van der Waals surface area contributed by atoms with Crippen LogP contribution in [0, 0.1) is 6.92 Å². The Labute approximate surface area is 120 Å². The maximum Gasteiger partial charge on any atom is 0.357 e. The summed E-state index contributed by atoms with van der Waals surface area (Å²) < 4.78 is 6.21. The van der Waals surface area contributed by atoms with Crippen LogP contribution in [-0.4, -0.2) is 34.1 Å². The molecule has 0 unspecified atom stereocenters. The number of ether oxygens (including phenoxy) is 1. The minimum Gasteiger partial charge on any atom is -0.464 e. The Bertz CT molecular complexity index is 667. The van der Waals surface area contributed by atoms with Gasteiger partial charge in [-0.05, 0) is 18.6 Å². The summed E-state index contributed by atoms with van der Waals surface area (Å²) in [6.45, 7) is 2.01. The molecule has 0 aliphatic heterocycles. The first-order valence-corrected chi connectivity index (χ1v) is 6.15. The molecule has 0 aliphatic carbocycles. The SMILES string of the molecule is COC(=O)c1nccc(Cl)c1Cn1cc(C)c(C=O)n1. The predicted molar refractivity (Wildman–Crippen MR) is 72.0 cm³/mol. The highest BCUT2D eigenvalue weighted by Gasteiger charge is 2.17. The fraction of sp³-hybridized carbons (Fsp3) is 0.231. The van der Waals surface area contributed by atoms with Crippen LogP contribution in [0.5, 0.6) is 0 Å². The average molecular weight is 294 g/mol. The highest BCUT2D eigenvalue weighted by Crippen LogP contribution is 2.20. The third-order valence-electron chi connectivity index (χ3n) is 2.79. The quantitative estimate of drug-likeness (QED) is 0.635. The Kier molecular flexibility index (Phi) is 4.14. The second-order valence-electron chi connectivity index (χ2n) is 4.12. The first-order chi connectivity index (χ1) is 9.56. The minimum atomic E-state index is -0.568. The lowest BCUT2D eigenvalue weighted by Crippen LogP contribution is -2.12. The van der Waals surface area contributed by atoms with Gasteiger partial charge in [0.15, 0.2) is 12.0 Å². The van der Waals surface area contributed by atoms with Crippen LogP contribution in [-0.2, 0) is 11.3 Å². The van der Waals surface area contributed by atoms with Crippen LogP contribution in [0.4, 0.5) is 0 Å². The fourth-order valence-corrected chi connectivity index (χ4v) is 1.99. The van der Waals surface area contributed by atoms with Crippen molar-refractivity contribution in [1.82, 2.24) is 14.8 Å². The molecule has 0 saturated carbocycles. The van der Waals surface area contributed by atoms with Gasteiger partial charge in [-0.3, -0.25) is 9.48 Å². The molecular formula is C13H12ClN3O3. The second-order valence-corrected chi connectivity index (χ2v) is 4.53. The number of carbonyl (C=O) groups excluding carboxylic acids is 2. The van der Waals surface area contributed by atoms with E-state index in [2.05, 4.69) is 14.8 Å². The average Bonchev–Trinajstić information content (AvgIpc) is 2.80. The number of methoxy groups -OCH3 is 1. The van der Waals surface area contributed by atoms with E-state index in [1.54, 1.807) is 19.2 Å². The molecule has 2 heterocycles. The van der Waals surface area contributed by atoms with E-state index >= 15 is 0 Å². The van der Waals surface area contributed by atoms with Crippen molar-refractivity contribution in [3.8, 4) is 0 Å². The van der Waals surface area contributed by atoms with Gasteiger partial charge in [-0.2, -0.15) is 5.10 Å². The van der Waals surface area contributed by atoms with Crippen LogP contribution in [0.25, 0.3) is 0 Å². The predicted octanol–water partition coefficient (Wildman–Crippen LogP) is 1.89. The normalized spacial score (nSPS) is 10.3. The topological polar surface area (TPSA) is 74.1 Å². The van der Waals surface area contributed by atoms with E-state index in [1.807, 2.05) is 0 Å². The minimum absolute atomic E-state index is 0.140. The number of rotatable bonds is 4. The summed E-state index contributed by atoms with van der Waals surface area (Å²) in [6, 6.07) is 1.58. The third kappa shape index (κ3) is 2.70. The molecule has 0 spiro atoms. The number of hydrogen-bond acceptors (Lipinski definition) is 5. The van der Waals surface area contributed by atoms with E-state index in [4.69, 9.17) is 11.6 Å². The smallest absolute Gasteiger partial charge is 0.357 e. The summed E-state index contributed by atoms with van der Waals surface area (Å²) in [4.78, 5) is 26.5. The lowest BCUT2D eigenvalue weighted by atomic mass is 10.2. The summed E-state index contributed by atoms with van der Waals surface area (Å²) in [5, 5.41) is 4.49. The van der Waals surface area contributed by atoms with Crippen molar-refractivity contribution < 1.29 is 14.3 Å². The van der Waals surface area contributed by atoms with Gasteiger partial charge in [0.05, 0.1) is 13.7 Å². The van der Waals surface area contributed by atoms with Gasteiger partial charge in [-0.25, -0.2) is 9.78 Å². The Hall–Kier alpha value is -2.21. The van der Waals surface area contributed by atoms with Crippen molar-refractivity contribution in [2.24, 2.45) is 0 Å². The maximum atomic E-state index is 11.7. The van der Waals surface area contributed by atoms with Crippen LogP contribution in [0.2, 0.25) is 5.02 Å². The maximum absolute atomic E-state index is 11.7. The largest absolute Gasteiger partial charge is 0.464 e. The Balaban J connectivity index is 2.41. The number of nitrogens with zero attached hydrogens (tertiary/aromatic N) is 3. The fourth-order valence-electron chi connectivity index (χ4n) is 1.79. The van der Waals surface area contributed by atoms with Gasteiger partial charge in [0.25, 0.3) is 0 Å². The third-order valence-corrected chi connectivity index (χ3v) is 3.15. The number of hydrogen-bond donors (Lipinski definition) is 0. The van der Waals surface area contributed by atoms with Gasteiger partial charge in [-0.1, -0.05) is 11.6 Å². The lowest BCUT2D eigenvalue weighted by Gasteiger charge is -2.09. The number of halogens is 1. The summed E-state index contributed by atoms with van der Waals surface area (Å²) >= 11 is 6.10. The molecule has 0 N–H and O–H groups in total. The molecule has 0 atom stereocenters. The van der Waals surface area contributed by atoms with Gasteiger partial charge < -0.3 is 4.74 Å². The van der Waals surface area contributed by atoms with E-state index in [0.717, 1.165) is 5.56 Å². The second kappa shape index (κ2) is 5.83. The Morgan fingerprint density at radius 1 is 1.55 bits per heavy atom. The van der Waals surface area contributed by atoms with Crippen molar-refractivity contribution in [2.45, 2.75) is 13.5 Å². The summed E-state index contributed by atoms with van der Waals surface area (Å²) in [7, 11) is 1.28. The number of aldehydes is 1. The molecule has 0 bridgehead atoms. The molecule has 0 saturated heterocycles. The molecule has 2 aromatic rings. The highest BCUT2D eigenvalue weighted by molar-refractivity contribution is 6.31. The highest BCUT2D eigenvalue weighted by atomic mass is 35.5. The van der Waals surface area contributed by atoms with Gasteiger partial charge in [0.1, 0.15) is 5.69 Å². The number of aryl methyl sites for hydroxylation is 1. The van der Waals surface area contributed by atoms with E-state index in [9.17, 15) is 9.59 Å². The van der Waals surface area contributed by atoms with Crippen LogP contribution in [0.1, 0.15) is 32.1 Å². The standard InChI is InChI=1S/C13H12ClN3O3/c1-8-5-17(16-11(8)7-18)6-9-10(14)3-4-15-12(9)13(19)20-2/h3-5,7H,6H2,1-2H3. The molecule has 6 nitrogen and oxygen atoms in total. The van der Waals surface area contributed by atoms with Crippen molar-refractivity contribution in [3.05, 3.63) is 46.0 Å². The molecule has 0 aromatic carbocycles. The van der Waals surface area contributed by atoms with Gasteiger partial charge in [0, 0.05) is 23.0 Å². The molecule has 2 aromatic heterocycles. The van der Waals surface area contributed by atoms with Gasteiger partial charge in [-0.15, -0.1) is 0 Å². The Morgan fingerprint density at radius 2 is 2.30 bits per heavy atom. The van der Waals surface area contributed by atoms with E-state index in [1.165, 1.54) is 18.0 Å². The number of pyridine rings is 1. The molecule has 0 fully saturated rings. The first-order valence-electron chi connectivity index (χ1n) is 5.77. The van der Waals surface area contributed by atoms with Crippen molar-refractivity contribution >= 4 is 23.9 Å². The number of esters is 1. The molecule has 2 rings (SSSR count). The van der Waals surface area contributed by atoms with Crippen LogP contribution < -0.4 is 0 Å². The zero-order valence-corrected chi connectivity index (χ0v) is 11.7.